The van der Waals surface area contributed by atoms with Gasteiger partial charge in [-0.2, -0.15) is 0 Å². The minimum atomic E-state index is -3.87. The molecule has 0 atom stereocenters. The van der Waals surface area contributed by atoms with Gasteiger partial charge in [0.15, 0.2) is 0 Å². The highest BCUT2D eigenvalue weighted by Crippen LogP contribution is 2.29. The quantitative estimate of drug-likeness (QED) is 0.544. The average molecular weight is 562 g/mol. The summed E-state index contributed by atoms with van der Waals surface area (Å²) in [7, 11) is -3.87. The zero-order chi connectivity index (χ0) is 27.3. The Balaban J connectivity index is 1.61. The lowest BCUT2D eigenvalue weighted by molar-refractivity contribution is 0.0725. The number of piperidine rings is 1. The maximum Gasteiger partial charge on any atom is 0.317 e. The van der Waals surface area contributed by atoms with E-state index in [9.17, 15) is 18.0 Å². The highest BCUT2D eigenvalue weighted by Gasteiger charge is 2.27. The Bertz CT molecular complexity index is 1250. The molecule has 0 radical (unpaired) electrons. The maximum absolute atomic E-state index is 13.7. The van der Waals surface area contributed by atoms with Gasteiger partial charge in [0.25, 0.3) is 15.9 Å². The van der Waals surface area contributed by atoms with Gasteiger partial charge in [0, 0.05) is 61.7 Å². The molecule has 0 unspecified atom stereocenters. The van der Waals surface area contributed by atoms with Crippen LogP contribution in [0, 0.1) is 0 Å². The highest BCUT2D eigenvalue weighted by molar-refractivity contribution is 7.92. The first-order valence-corrected chi connectivity index (χ1v) is 15.0. The third kappa shape index (κ3) is 6.91. The third-order valence-corrected chi connectivity index (χ3v) is 8.43. The molecule has 4 rings (SSSR count). The van der Waals surface area contributed by atoms with E-state index in [1.807, 2.05) is 18.7 Å². The summed E-state index contributed by atoms with van der Waals surface area (Å²) in [6.45, 7) is 7.64. The van der Waals surface area contributed by atoms with Crippen LogP contribution in [0.1, 0.15) is 49.9 Å². The summed E-state index contributed by atoms with van der Waals surface area (Å²) in [5.41, 5.74) is 1.53. The molecule has 0 spiro atoms. The van der Waals surface area contributed by atoms with Gasteiger partial charge in [-0.15, -0.1) is 0 Å². The minimum absolute atomic E-state index is 0.0554. The molecule has 9 nitrogen and oxygen atoms in total. The summed E-state index contributed by atoms with van der Waals surface area (Å²) in [5.74, 6) is -0.106. The molecule has 3 amide bonds. The summed E-state index contributed by atoms with van der Waals surface area (Å²) in [6, 6.07) is 11.0. The Kier molecular flexibility index (Phi) is 9.04. The monoisotopic (exact) mass is 561 g/mol. The molecule has 0 saturated carbocycles. The molecular weight excluding hydrogens is 526 g/mol. The van der Waals surface area contributed by atoms with Gasteiger partial charge in [0.1, 0.15) is 0 Å². The number of carbonyl (C=O) groups excluding carboxylic acids is 2. The fraction of sp³-hybridized carbons (Fsp3) is 0.481. The van der Waals surface area contributed by atoms with Gasteiger partial charge >= 0.3 is 6.03 Å². The van der Waals surface area contributed by atoms with E-state index < -0.39 is 10.0 Å². The number of nitrogens with one attached hydrogen (secondary N) is 2. The molecule has 0 aliphatic carbocycles. The van der Waals surface area contributed by atoms with Crippen LogP contribution in [0.2, 0.25) is 5.02 Å². The van der Waals surface area contributed by atoms with Crippen LogP contribution in [0.5, 0.6) is 0 Å². The minimum Gasteiger partial charge on any atom is -0.369 e. The smallest absolute Gasteiger partial charge is 0.317 e. The van der Waals surface area contributed by atoms with E-state index in [2.05, 4.69) is 14.9 Å². The molecule has 2 aliphatic heterocycles. The van der Waals surface area contributed by atoms with Crippen molar-refractivity contribution in [1.82, 2.24) is 15.1 Å². The van der Waals surface area contributed by atoms with Crippen molar-refractivity contribution < 1.29 is 18.0 Å². The van der Waals surface area contributed by atoms with E-state index in [0.29, 0.717) is 55.5 Å². The van der Waals surface area contributed by atoms with E-state index >= 15 is 0 Å². The molecule has 2 fully saturated rings. The fourth-order valence-corrected chi connectivity index (χ4v) is 6.02. The lowest BCUT2D eigenvalue weighted by Crippen LogP contribution is -2.44. The molecule has 2 heterocycles. The third-order valence-electron chi connectivity index (χ3n) is 6.78. The molecule has 0 aromatic heterocycles. The van der Waals surface area contributed by atoms with Gasteiger partial charge in [-0.05, 0) is 82.0 Å². The summed E-state index contributed by atoms with van der Waals surface area (Å²) in [4.78, 5) is 32.1. The number of rotatable bonds is 6. The van der Waals surface area contributed by atoms with Gasteiger partial charge in [-0.1, -0.05) is 11.6 Å². The lowest BCUT2D eigenvalue weighted by Gasteiger charge is -2.30. The lowest BCUT2D eigenvalue weighted by atomic mass is 10.1. The number of likely N-dealkylation sites (tertiary alicyclic amines) is 1. The van der Waals surface area contributed by atoms with Crippen molar-refractivity contribution in [2.24, 2.45) is 0 Å². The second kappa shape index (κ2) is 12.3. The summed E-state index contributed by atoms with van der Waals surface area (Å²) >= 11 is 5.92. The van der Waals surface area contributed by atoms with E-state index in [0.717, 1.165) is 31.4 Å². The molecule has 0 bridgehead atoms. The molecule has 11 heteroatoms. The number of urea groups is 1. The molecule has 2 N–H and O–H groups in total. The Morgan fingerprint density at radius 2 is 1.53 bits per heavy atom. The van der Waals surface area contributed by atoms with Crippen molar-refractivity contribution in [3.63, 3.8) is 0 Å². The molecule has 2 saturated heterocycles. The van der Waals surface area contributed by atoms with Gasteiger partial charge < -0.3 is 20.0 Å². The van der Waals surface area contributed by atoms with Gasteiger partial charge in [-0.25, -0.2) is 13.2 Å². The SMILES string of the molecule is CC(C)NC(=O)N1CCCN(c2ccc(NS(=O)(=O)c3ccc(Cl)cc3)cc2C(=O)N2CCCCC2)CC1. The number of amides is 3. The Morgan fingerprint density at radius 1 is 0.842 bits per heavy atom. The number of anilines is 2. The highest BCUT2D eigenvalue weighted by atomic mass is 35.5. The first-order chi connectivity index (χ1) is 18.1. The van der Waals surface area contributed by atoms with Crippen LogP contribution in [0.3, 0.4) is 0 Å². The van der Waals surface area contributed by atoms with Gasteiger partial charge in [-0.3, -0.25) is 9.52 Å². The predicted molar refractivity (Wildman–Crippen MR) is 151 cm³/mol. The Labute approximate surface area is 230 Å². The van der Waals surface area contributed by atoms with E-state index in [4.69, 9.17) is 11.6 Å². The van der Waals surface area contributed by atoms with Gasteiger partial charge in [0.2, 0.25) is 0 Å². The van der Waals surface area contributed by atoms with Crippen molar-refractivity contribution >= 4 is 44.9 Å². The molecule has 2 aromatic rings. The number of carbonyl (C=O) groups is 2. The van der Waals surface area contributed by atoms with Crippen molar-refractivity contribution in [3.05, 3.63) is 53.1 Å². The average Bonchev–Trinajstić information content (AvgIpc) is 3.15. The van der Waals surface area contributed by atoms with E-state index in [-0.39, 0.29) is 22.9 Å². The number of halogens is 1. The molecule has 2 aliphatic rings. The van der Waals surface area contributed by atoms with Crippen LogP contribution in [0.25, 0.3) is 0 Å². The van der Waals surface area contributed by atoms with Crippen LogP contribution in [-0.2, 0) is 10.0 Å². The normalized spacial score (nSPS) is 16.8. The van der Waals surface area contributed by atoms with Crippen molar-refractivity contribution in [2.75, 3.05) is 48.9 Å². The number of hydrogen-bond acceptors (Lipinski definition) is 5. The molecule has 206 valence electrons. The molecule has 2 aromatic carbocycles. The standard InChI is InChI=1S/C27H36ClN5O4S/c1-20(2)29-27(35)33-16-6-15-31(17-18-33)25-12-9-22(19-24(25)26(34)32-13-4-3-5-14-32)30-38(36,37)23-10-7-21(28)8-11-23/h7-12,19-20,30H,3-6,13-18H2,1-2H3,(H,29,35). The summed E-state index contributed by atoms with van der Waals surface area (Å²) in [5, 5.41) is 3.39. The van der Waals surface area contributed by atoms with Crippen LogP contribution in [0.4, 0.5) is 16.2 Å². The second-order valence-corrected chi connectivity index (χ2v) is 12.2. The molecule has 38 heavy (non-hydrogen) atoms. The number of nitrogens with zero attached hydrogens (tertiary/aromatic N) is 3. The Morgan fingerprint density at radius 3 is 2.21 bits per heavy atom. The van der Waals surface area contributed by atoms with Crippen LogP contribution < -0.4 is 14.9 Å². The zero-order valence-electron chi connectivity index (χ0n) is 22.0. The summed E-state index contributed by atoms with van der Waals surface area (Å²) < 4.78 is 28.6. The van der Waals surface area contributed by atoms with E-state index in [1.54, 1.807) is 23.1 Å². The van der Waals surface area contributed by atoms with E-state index in [1.165, 1.54) is 24.3 Å². The van der Waals surface area contributed by atoms with Crippen LogP contribution in [0.15, 0.2) is 47.4 Å². The largest absolute Gasteiger partial charge is 0.369 e. The maximum atomic E-state index is 13.7. The first kappa shape index (κ1) is 28.0. The van der Waals surface area contributed by atoms with Crippen LogP contribution in [-0.4, -0.2) is 75.5 Å². The zero-order valence-corrected chi connectivity index (χ0v) is 23.5. The molecular formula is C27H36ClN5O4S. The van der Waals surface area contributed by atoms with Gasteiger partial charge in [0.05, 0.1) is 10.5 Å². The first-order valence-electron chi connectivity index (χ1n) is 13.2. The number of hydrogen-bond donors (Lipinski definition) is 2. The topological polar surface area (TPSA) is 102 Å². The predicted octanol–water partition coefficient (Wildman–Crippen LogP) is 4.40. The summed E-state index contributed by atoms with van der Waals surface area (Å²) in [6.07, 6.45) is 3.76. The van der Waals surface area contributed by atoms with Crippen molar-refractivity contribution in [2.45, 2.75) is 50.5 Å². The fourth-order valence-electron chi connectivity index (χ4n) is 4.84. The van der Waals surface area contributed by atoms with Crippen molar-refractivity contribution in [3.8, 4) is 0 Å². The number of benzene rings is 2. The number of sulfonamides is 1. The van der Waals surface area contributed by atoms with Crippen molar-refractivity contribution in [1.29, 1.82) is 0 Å². The second-order valence-electron chi connectivity index (χ2n) is 10.1. The Hall–Kier alpha value is -2.98. The van der Waals surface area contributed by atoms with Crippen LogP contribution >= 0.6 is 11.6 Å².